The molecule has 3 rings (SSSR count). The van der Waals surface area contributed by atoms with Crippen LogP contribution in [0.5, 0.6) is 0 Å². The zero-order valence-electron chi connectivity index (χ0n) is 11.3. The Balaban J connectivity index is 1.89. The molecule has 0 aromatic carbocycles. The van der Waals surface area contributed by atoms with Crippen LogP contribution >= 0.6 is 22.7 Å². The van der Waals surface area contributed by atoms with Gasteiger partial charge in [-0.05, 0) is 18.4 Å². The van der Waals surface area contributed by atoms with Gasteiger partial charge in [-0.1, -0.05) is 6.07 Å². The lowest BCUT2D eigenvalue weighted by atomic mass is 10.2. The van der Waals surface area contributed by atoms with Crippen LogP contribution < -0.4 is 4.90 Å². The van der Waals surface area contributed by atoms with E-state index >= 15 is 0 Å². The van der Waals surface area contributed by atoms with E-state index in [4.69, 9.17) is 0 Å². The Labute approximate surface area is 125 Å². The summed E-state index contributed by atoms with van der Waals surface area (Å²) in [5, 5.41) is 4.03. The Hall–Kier alpha value is -1.66. The smallest absolute Gasteiger partial charge is 0.196 e. The van der Waals surface area contributed by atoms with E-state index in [0.717, 1.165) is 23.5 Å². The monoisotopic (exact) mass is 305 g/mol. The molecule has 3 heterocycles. The lowest BCUT2D eigenvalue weighted by Gasteiger charge is -2.24. The molecule has 0 aliphatic carbocycles. The fourth-order valence-corrected chi connectivity index (χ4v) is 3.77. The summed E-state index contributed by atoms with van der Waals surface area (Å²) >= 11 is 3.30. The lowest BCUT2D eigenvalue weighted by Crippen LogP contribution is -2.31. The van der Waals surface area contributed by atoms with Crippen molar-refractivity contribution < 1.29 is 4.79 Å². The van der Waals surface area contributed by atoms with E-state index in [1.54, 1.807) is 22.7 Å². The van der Waals surface area contributed by atoms with Crippen LogP contribution in [-0.2, 0) is 6.42 Å². The molecule has 0 radical (unpaired) electrons. The number of nitrogens with zero attached hydrogens (tertiary/aromatic N) is 3. The number of fused-ring (bicyclic) bond motifs is 1. The fourth-order valence-electron chi connectivity index (χ4n) is 2.23. The molecule has 0 aliphatic heterocycles. The Morgan fingerprint density at radius 3 is 3.00 bits per heavy atom. The van der Waals surface area contributed by atoms with E-state index in [9.17, 15) is 4.79 Å². The molecule has 3 aromatic rings. The lowest BCUT2D eigenvalue weighted by molar-refractivity contribution is 0.111. The normalized spacial score (nSPS) is 12.7. The Bertz CT molecular complexity index is 714. The largest absolute Gasteiger partial charge is 0.355 e. The number of hydrogen-bond donors (Lipinski definition) is 0. The summed E-state index contributed by atoms with van der Waals surface area (Å²) < 4.78 is 1.85. The van der Waals surface area contributed by atoms with Gasteiger partial charge in [-0.3, -0.25) is 9.20 Å². The molecule has 0 spiro atoms. The van der Waals surface area contributed by atoms with Crippen LogP contribution in [0.3, 0.4) is 0 Å². The summed E-state index contributed by atoms with van der Waals surface area (Å²) in [7, 11) is 2.00. The Kier molecular flexibility index (Phi) is 3.58. The molecule has 0 saturated heterocycles. The summed E-state index contributed by atoms with van der Waals surface area (Å²) in [6, 6.07) is 4.49. The number of likely N-dealkylation sites (N-methyl/N-ethyl adjacent to an activating group) is 1. The predicted octanol–water partition coefficient (Wildman–Crippen LogP) is 3.34. The van der Waals surface area contributed by atoms with Crippen molar-refractivity contribution in [2.45, 2.75) is 19.4 Å². The highest BCUT2D eigenvalue weighted by Crippen LogP contribution is 2.25. The first kappa shape index (κ1) is 13.3. The number of imidazole rings is 1. The zero-order chi connectivity index (χ0) is 14.1. The quantitative estimate of drug-likeness (QED) is 0.679. The molecule has 3 aromatic heterocycles. The van der Waals surface area contributed by atoms with Crippen LogP contribution in [0.15, 0.2) is 29.1 Å². The van der Waals surface area contributed by atoms with Gasteiger partial charge in [0.2, 0.25) is 0 Å². The fraction of sp³-hybridized carbons (Fsp3) is 0.286. The molecule has 104 valence electrons. The van der Waals surface area contributed by atoms with Crippen LogP contribution in [0.1, 0.15) is 22.3 Å². The summed E-state index contributed by atoms with van der Waals surface area (Å²) in [6.07, 6.45) is 3.73. The van der Waals surface area contributed by atoms with E-state index in [-0.39, 0.29) is 6.04 Å². The highest BCUT2D eigenvalue weighted by Gasteiger charge is 2.20. The van der Waals surface area contributed by atoms with E-state index in [2.05, 4.69) is 34.3 Å². The molecular formula is C14H15N3OS2. The third-order valence-electron chi connectivity index (χ3n) is 3.46. The highest BCUT2D eigenvalue weighted by atomic mass is 32.1. The van der Waals surface area contributed by atoms with Crippen molar-refractivity contribution in [3.63, 3.8) is 0 Å². The summed E-state index contributed by atoms with van der Waals surface area (Å²) in [5.41, 5.74) is 0.627. The average molecular weight is 305 g/mol. The van der Waals surface area contributed by atoms with Gasteiger partial charge in [0.25, 0.3) is 0 Å². The zero-order valence-corrected chi connectivity index (χ0v) is 12.9. The van der Waals surface area contributed by atoms with E-state index in [0.29, 0.717) is 5.69 Å². The number of aromatic nitrogens is 2. The van der Waals surface area contributed by atoms with Crippen molar-refractivity contribution in [1.82, 2.24) is 9.38 Å². The first-order chi connectivity index (χ1) is 9.70. The molecule has 0 fully saturated rings. The molecular weight excluding hydrogens is 290 g/mol. The second-order valence-corrected chi connectivity index (χ2v) is 6.64. The molecule has 20 heavy (non-hydrogen) atoms. The van der Waals surface area contributed by atoms with Gasteiger partial charge >= 0.3 is 0 Å². The molecule has 1 unspecified atom stereocenters. The maximum Gasteiger partial charge on any atom is 0.196 e. The topological polar surface area (TPSA) is 37.6 Å². The van der Waals surface area contributed by atoms with E-state index < -0.39 is 0 Å². The number of carbonyl (C=O) groups is 1. The van der Waals surface area contributed by atoms with Crippen molar-refractivity contribution in [3.8, 4) is 0 Å². The standard InChI is InChI=1S/C14H15N3OS2/c1-10(8-11-4-3-6-19-11)16(2)13-12(9-18)17-5-7-20-14(17)15-13/h3-7,9-10H,8H2,1-2H3. The summed E-state index contributed by atoms with van der Waals surface area (Å²) in [5.74, 6) is 0.760. The van der Waals surface area contributed by atoms with Gasteiger partial charge in [0.05, 0.1) is 0 Å². The molecule has 0 N–H and O–H groups in total. The number of thiophene rings is 1. The predicted molar refractivity (Wildman–Crippen MR) is 84.3 cm³/mol. The van der Waals surface area contributed by atoms with Gasteiger partial charge in [0, 0.05) is 36.0 Å². The molecule has 0 amide bonds. The molecule has 4 nitrogen and oxygen atoms in total. The van der Waals surface area contributed by atoms with Crippen molar-refractivity contribution in [2.24, 2.45) is 0 Å². The number of aldehydes is 1. The minimum atomic E-state index is 0.289. The van der Waals surface area contributed by atoms with Crippen LogP contribution in [0.4, 0.5) is 5.82 Å². The van der Waals surface area contributed by atoms with Crippen LogP contribution in [0, 0.1) is 0 Å². The number of carbonyl (C=O) groups excluding carboxylic acids is 1. The second kappa shape index (κ2) is 5.38. The highest BCUT2D eigenvalue weighted by molar-refractivity contribution is 7.15. The second-order valence-electron chi connectivity index (χ2n) is 4.74. The third kappa shape index (κ3) is 2.25. The van der Waals surface area contributed by atoms with Crippen LogP contribution in [0.2, 0.25) is 0 Å². The van der Waals surface area contributed by atoms with Crippen LogP contribution in [-0.4, -0.2) is 28.8 Å². The van der Waals surface area contributed by atoms with Gasteiger partial charge in [-0.2, -0.15) is 0 Å². The Morgan fingerprint density at radius 2 is 2.30 bits per heavy atom. The summed E-state index contributed by atoms with van der Waals surface area (Å²) in [4.78, 5) is 20.2. The molecule has 0 aliphatic rings. The number of thiazole rings is 1. The minimum Gasteiger partial charge on any atom is -0.355 e. The molecule has 1 atom stereocenters. The van der Waals surface area contributed by atoms with Gasteiger partial charge in [-0.15, -0.1) is 22.7 Å². The van der Waals surface area contributed by atoms with E-state index in [1.807, 2.05) is 23.0 Å². The minimum absolute atomic E-state index is 0.289. The first-order valence-electron chi connectivity index (χ1n) is 6.36. The SMILES string of the molecule is CC(Cc1cccs1)N(C)c1nc2sccn2c1C=O. The molecule has 0 bridgehead atoms. The van der Waals surface area contributed by atoms with Crippen molar-refractivity contribution in [3.05, 3.63) is 39.7 Å². The maximum absolute atomic E-state index is 11.4. The van der Waals surface area contributed by atoms with Crippen LogP contribution in [0.25, 0.3) is 4.96 Å². The van der Waals surface area contributed by atoms with Gasteiger partial charge in [-0.25, -0.2) is 4.98 Å². The number of rotatable bonds is 5. The Morgan fingerprint density at radius 1 is 1.45 bits per heavy atom. The maximum atomic E-state index is 11.4. The number of hydrogen-bond acceptors (Lipinski definition) is 5. The summed E-state index contributed by atoms with van der Waals surface area (Å²) in [6.45, 7) is 2.15. The van der Waals surface area contributed by atoms with Crippen molar-refractivity contribution in [2.75, 3.05) is 11.9 Å². The van der Waals surface area contributed by atoms with Gasteiger partial charge in [0.1, 0.15) is 5.69 Å². The average Bonchev–Trinajstić information content (AvgIpc) is 3.13. The molecule has 6 heteroatoms. The third-order valence-corrected chi connectivity index (χ3v) is 5.12. The van der Waals surface area contributed by atoms with Gasteiger partial charge in [0.15, 0.2) is 17.1 Å². The molecule has 0 saturated carbocycles. The van der Waals surface area contributed by atoms with Crippen molar-refractivity contribution >= 4 is 39.7 Å². The first-order valence-corrected chi connectivity index (χ1v) is 8.12. The van der Waals surface area contributed by atoms with Gasteiger partial charge < -0.3 is 4.90 Å². The van der Waals surface area contributed by atoms with Crippen molar-refractivity contribution in [1.29, 1.82) is 0 Å². The van der Waals surface area contributed by atoms with E-state index in [1.165, 1.54) is 4.88 Å². The number of anilines is 1.